The molecule has 0 saturated carbocycles. The molecule has 0 saturated heterocycles. The van der Waals surface area contributed by atoms with Crippen molar-refractivity contribution in [3.63, 3.8) is 0 Å². The van der Waals surface area contributed by atoms with Crippen molar-refractivity contribution >= 4 is 11.6 Å². The van der Waals surface area contributed by atoms with Crippen LogP contribution in [-0.2, 0) is 12.0 Å². The van der Waals surface area contributed by atoms with E-state index in [0.29, 0.717) is 17.0 Å². The molecule has 0 amide bonds. The lowest BCUT2D eigenvalue weighted by molar-refractivity contribution is 0.486. The van der Waals surface area contributed by atoms with E-state index in [0.717, 1.165) is 11.1 Å². The maximum Gasteiger partial charge on any atom is 0.126 e. The van der Waals surface area contributed by atoms with Gasteiger partial charge < -0.3 is 5.73 Å². The second kappa shape index (κ2) is 5.32. The summed E-state index contributed by atoms with van der Waals surface area (Å²) in [6.07, 6.45) is 0.565. The molecule has 0 aliphatic carbocycles. The first-order valence-electron chi connectivity index (χ1n) is 6.19. The van der Waals surface area contributed by atoms with Crippen molar-refractivity contribution in [3.05, 3.63) is 70.0 Å². The fourth-order valence-electron chi connectivity index (χ4n) is 2.09. The average Bonchev–Trinajstić information content (AvgIpc) is 2.35. The molecule has 19 heavy (non-hydrogen) atoms. The Hall–Kier alpha value is -1.38. The highest BCUT2D eigenvalue weighted by atomic mass is 35.5. The van der Waals surface area contributed by atoms with E-state index in [2.05, 4.69) is 0 Å². The van der Waals surface area contributed by atoms with Crippen LogP contribution in [0.4, 0.5) is 4.39 Å². The van der Waals surface area contributed by atoms with E-state index in [9.17, 15) is 4.39 Å². The summed E-state index contributed by atoms with van der Waals surface area (Å²) >= 11 is 6.14. The Morgan fingerprint density at radius 2 is 1.89 bits per heavy atom. The molecule has 0 spiro atoms. The molecular formula is C16H17ClFN. The van der Waals surface area contributed by atoms with Crippen LogP contribution in [0.25, 0.3) is 0 Å². The fourth-order valence-corrected chi connectivity index (χ4v) is 2.29. The Kier molecular flexibility index (Phi) is 3.93. The molecule has 2 N–H and O–H groups in total. The maximum atomic E-state index is 13.6. The van der Waals surface area contributed by atoms with Crippen LogP contribution in [0, 0.1) is 12.7 Å². The van der Waals surface area contributed by atoms with Gasteiger partial charge >= 0.3 is 0 Å². The lowest BCUT2D eigenvalue weighted by atomic mass is 9.86. The zero-order valence-corrected chi connectivity index (χ0v) is 11.8. The van der Waals surface area contributed by atoms with Crippen LogP contribution in [0.3, 0.4) is 0 Å². The summed E-state index contributed by atoms with van der Waals surface area (Å²) in [5.74, 6) is -0.228. The van der Waals surface area contributed by atoms with E-state index >= 15 is 0 Å². The molecular weight excluding hydrogens is 261 g/mol. The summed E-state index contributed by atoms with van der Waals surface area (Å²) in [7, 11) is 0. The molecule has 3 heteroatoms. The third-order valence-corrected chi connectivity index (χ3v) is 3.72. The van der Waals surface area contributed by atoms with Gasteiger partial charge in [-0.05, 0) is 49.1 Å². The van der Waals surface area contributed by atoms with Crippen LogP contribution < -0.4 is 5.73 Å². The average molecular weight is 278 g/mol. The lowest BCUT2D eigenvalue weighted by Gasteiger charge is -2.26. The standard InChI is InChI=1S/C16H17ClFN/c1-11-7-8-13(9-15(11)18)16(2,19)10-12-5-3-4-6-14(12)17/h3-9H,10,19H2,1-2H3. The Bertz CT molecular complexity index is 593. The predicted molar refractivity (Wildman–Crippen MR) is 77.8 cm³/mol. The SMILES string of the molecule is Cc1ccc(C(C)(N)Cc2ccccc2Cl)cc1F. The number of hydrogen-bond donors (Lipinski definition) is 1. The number of aryl methyl sites for hydroxylation is 1. The topological polar surface area (TPSA) is 26.0 Å². The first-order chi connectivity index (χ1) is 8.90. The zero-order valence-electron chi connectivity index (χ0n) is 11.1. The van der Waals surface area contributed by atoms with E-state index < -0.39 is 5.54 Å². The molecule has 0 aromatic heterocycles. The minimum Gasteiger partial charge on any atom is -0.321 e. The molecule has 2 aromatic rings. The molecule has 0 bridgehead atoms. The van der Waals surface area contributed by atoms with Crippen LogP contribution >= 0.6 is 11.6 Å². The molecule has 100 valence electrons. The quantitative estimate of drug-likeness (QED) is 0.894. The summed E-state index contributed by atoms with van der Waals surface area (Å²) in [5.41, 5.74) is 8.04. The van der Waals surface area contributed by atoms with E-state index in [1.165, 1.54) is 6.07 Å². The van der Waals surface area contributed by atoms with Crippen molar-refractivity contribution in [2.75, 3.05) is 0 Å². The third kappa shape index (κ3) is 3.14. The summed E-state index contributed by atoms with van der Waals surface area (Å²) in [6, 6.07) is 12.7. The van der Waals surface area contributed by atoms with E-state index in [-0.39, 0.29) is 5.82 Å². The van der Waals surface area contributed by atoms with Crippen molar-refractivity contribution in [3.8, 4) is 0 Å². The third-order valence-electron chi connectivity index (χ3n) is 3.35. The summed E-state index contributed by atoms with van der Waals surface area (Å²) in [5, 5.41) is 0.687. The van der Waals surface area contributed by atoms with Gasteiger partial charge in [0, 0.05) is 10.6 Å². The van der Waals surface area contributed by atoms with Crippen molar-refractivity contribution in [2.24, 2.45) is 5.73 Å². The summed E-state index contributed by atoms with van der Waals surface area (Å²) < 4.78 is 13.6. The van der Waals surface area contributed by atoms with Crippen LogP contribution in [0.5, 0.6) is 0 Å². The second-order valence-corrected chi connectivity index (χ2v) is 5.56. The first-order valence-corrected chi connectivity index (χ1v) is 6.57. The number of rotatable bonds is 3. The lowest BCUT2D eigenvalue weighted by Crippen LogP contribution is -2.35. The maximum absolute atomic E-state index is 13.6. The Balaban J connectivity index is 2.32. The first kappa shape index (κ1) is 14.0. The highest BCUT2D eigenvalue weighted by Gasteiger charge is 2.23. The van der Waals surface area contributed by atoms with Crippen molar-refractivity contribution in [1.29, 1.82) is 0 Å². The zero-order chi connectivity index (χ0) is 14.0. The van der Waals surface area contributed by atoms with Crippen molar-refractivity contribution in [2.45, 2.75) is 25.8 Å². The Morgan fingerprint density at radius 3 is 2.53 bits per heavy atom. The molecule has 0 fully saturated rings. The van der Waals surface area contributed by atoms with Gasteiger partial charge in [0.25, 0.3) is 0 Å². The Labute approximate surface area is 118 Å². The molecule has 1 unspecified atom stereocenters. The monoisotopic (exact) mass is 277 g/mol. The van der Waals surface area contributed by atoms with Gasteiger partial charge in [0.1, 0.15) is 5.82 Å². The van der Waals surface area contributed by atoms with Gasteiger partial charge in [-0.3, -0.25) is 0 Å². The van der Waals surface area contributed by atoms with E-state index in [1.54, 1.807) is 13.0 Å². The minimum atomic E-state index is -0.653. The Morgan fingerprint density at radius 1 is 1.21 bits per heavy atom. The van der Waals surface area contributed by atoms with Gasteiger partial charge in [-0.2, -0.15) is 0 Å². The molecule has 2 aromatic carbocycles. The number of benzene rings is 2. The smallest absolute Gasteiger partial charge is 0.126 e. The van der Waals surface area contributed by atoms with Gasteiger partial charge in [0.15, 0.2) is 0 Å². The van der Waals surface area contributed by atoms with Gasteiger partial charge in [-0.1, -0.05) is 41.9 Å². The van der Waals surface area contributed by atoms with Gasteiger partial charge in [0.05, 0.1) is 0 Å². The van der Waals surface area contributed by atoms with E-state index in [4.69, 9.17) is 17.3 Å². The van der Waals surface area contributed by atoms with E-state index in [1.807, 2.05) is 37.3 Å². The molecule has 0 heterocycles. The minimum absolute atomic E-state index is 0.228. The van der Waals surface area contributed by atoms with Gasteiger partial charge in [-0.25, -0.2) is 4.39 Å². The summed E-state index contributed by atoms with van der Waals surface area (Å²) in [4.78, 5) is 0. The highest BCUT2D eigenvalue weighted by Crippen LogP contribution is 2.27. The number of hydrogen-bond acceptors (Lipinski definition) is 1. The second-order valence-electron chi connectivity index (χ2n) is 5.15. The predicted octanol–water partition coefficient (Wildman–Crippen LogP) is 4.20. The highest BCUT2D eigenvalue weighted by molar-refractivity contribution is 6.31. The molecule has 1 atom stereocenters. The number of halogens is 2. The normalized spacial score (nSPS) is 14.2. The molecule has 0 aliphatic heterocycles. The van der Waals surface area contributed by atoms with Crippen LogP contribution in [-0.4, -0.2) is 0 Å². The molecule has 1 nitrogen and oxygen atoms in total. The fraction of sp³-hybridized carbons (Fsp3) is 0.250. The van der Waals surface area contributed by atoms with Crippen LogP contribution in [0.15, 0.2) is 42.5 Å². The molecule has 0 aliphatic rings. The molecule has 0 radical (unpaired) electrons. The van der Waals surface area contributed by atoms with Crippen molar-refractivity contribution < 1.29 is 4.39 Å². The van der Waals surface area contributed by atoms with Crippen LogP contribution in [0.2, 0.25) is 5.02 Å². The van der Waals surface area contributed by atoms with Gasteiger partial charge in [-0.15, -0.1) is 0 Å². The van der Waals surface area contributed by atoms with Gasteiger partial charge in [0.2, 0.25) is 0 Å². The summed E-state index contributed by atoms with van der Waals surface area (Å²) in [6.45, 7) is 3.63. The molecule has 2 rings (SSSR count). The number of nitrogens with two attached hydrogens (primary N) is 1. The van der Waals surface area contributed by atoms with Crippen LogP contribution in [0.1, 0.15) is 23.6 Å². The largest absolute Gasteiger partial charge is 0.321 e. The van der Waals surface area contributed by atoms with Crippen molar-refractivity contribution in [1.82, 2.24) is 0 Å².